The Bertz CT molecular complexity index is 1190. The van der Waals surface area contributed by atoms with E-state index < -0.39 is 23.1 Å². The molecule has 2 aromatic carbocycles. The lowest BCUT2D eigenvalue weighted by atomic mass is 10.0. The standard InChI is InChI=1S/C21H18F2N6OS/c1-25-29-19(28-24)12-8-9-13-11(10-12)4-2-7-16-18(13)31-21(26-16)27-20(30)17-14(22)5-3-6-15(17)23/h3,5-6,8-10H,1-2,4,7,24H2,(H,28,29)(H,26,27,30). The van der Waals surface area contributed by atoms with Gasteiger partial charge in [0, 0.05) is 12.3 Å². The highest BCUT2D eigenvalue weighted by atomic mass is 32.1. The van der Waals surface area contributed by atoms with Crippen LogP contribution in [0.2, 0.25) is 0 Å². The molecule has 0 atom stereocenters. The van der Waals surface area contributed by atoms with Gasteiger partial charge in [0.25, 0.3) is 5.91 Å². The van der Waals surface area contributed by atoms with Crippen LogP contribution >= 0.6 is 11.3 Å². The van der Waals surface area contributed by atoms with Crippen LogP contribution < -0.4 is 16.6 Å². The largest absolute Gasteiger partial charge is 0.306 e. The first-order chi connectivity index (χ1) is 15.0. The highest BCUT2D eigenvalue weighted by Gasteiger charge is 2.23. The van der Waals surface area contributed by atoms with Gasteiger partial charge in [0.15, 0.2) is 11.0 Å². The minimum Gasteiger partial charge on any atom is -0.306 e. The Morgan fingerprint density at radius 3 is 2.68 bits per heavy atom. The van der Waals surface area contributed by atoms with Crippen molar-refractivity contribution in [3.05, 3.63) is 70.4 Å². The summed E-state index contributed by atoms with van der Waals surface area (Å²) < 4.78 is 27.8. The Hall–Kier alpha value is -3.50. The van der Waals surface area contributed by atoms with E-state index in [2.05, 4.69) is 32.6 Å². The third kappa shape index (κ3) is 4.07. The molecule has 3 aromatic rings. The average molecular weight is 440 g/mol. The van der Waals surface area contributed by atoms with Crippen LogP contribution in [0.4, 0.5) is 13.9 Å². The molecule has 1 aliphatic rings. The van der Waals surface area contributed by atoms with Gasteiger partial charge in [0.1, 0.15) is 17.2 Å². The highest BCUT2D eigenvalue weighted by molar-refractivity contribution is 7.19. The van der Waals surface area contributed by atoms with Gasteiger partial charge in [0.05, 0.1) is 10.6 Å². The summed E-state index contributed by atoms with van der Waals surface area (Å²) in [6, 6.07) is 9.05. The van der Waals surface area contributed by atoms with E-state index in [-0.39, 0.29) is 5.13 Å². The van der Waals surface area contributed by atoms with Crippen LogP contribution in [0.15, 0.2) is 46.6 Å². The van der Waals surface area contributed by atoms with Crippen LogP contribution in [-0.2, 0) is 12.8 Å². The van der Waals surface area contributed by atoms with Crippen molar-refractivity contribution in [2.75, 3.05) is 5.32 Å². The second-order valence-electron chi connectivity index (χ2n) is 6.81. The van der Waals surface area contributed by atoms with E-state index in [9.17, 15) is 13.6 Å². The van der Waals surface area contributed by atoms with E-state index in [0.717, 1.165) is 52.2 Å². The third-order valence-corrected chi connectivity index (χ3v) is 5.94. The molecule has 4 rings (SSSR count). The lowest BCUT2D eigenvalue weighted by molar-refractivity contribution is 0.101. The molecule has 0 saturated carbocycles. The van der Waals surface area contributed by atoms with Gasteiger partial charge in [-0.15, -0.1) is 5.10 Å². The number of aryl methyl sites for hydroxylation is 2. The maximum absolute atomic E-state index is 13.9. The molecule has 0 radical (unpaired) electrons. The molecular weight excluding hydrogens is 422 g/mol. The minimum absolute atomic E-state index is 0.288. The number of benzene rings is 2. The van der Waals surface area contributed by atoms with Crippen molar-refractivity contribution in [1.29, 1.82) is 0 Å². The highest BCUT2D eigenvalue weighted by Crippen LogP contribution is 2.39. The van der Waals surface area contributed by atoms with Crippen molar-refractivity contribution in [2.45, 2.75) is 19.3 Å². The normalized spacial score (nSPS) is 13.1. The van der Waals surface area contributed by atoms with Crippen LogP contribution in [0.25, 0.3) is 10.4 Å². The number of hydrogen-bond acceptors (Lipinski definition) is 6. The Labute approximate surface area is 180 Å². The fourth-order valence-corrected chi connectivity index (χ4v) is 4.58. The molecular formula is C21H18F2N6OS. The molecule has 0 fully saturated rings. The van der Waals surface area contributed by atoms with E-state index in [1.807, 2.05) is 18.2 Å². The van der Waals surface area contributed by atoms with E-state index in [4.69, 9.17) is 5.84 Å². The Kier molecular flexibility index (Phi) is 5.83. The van der Waals surface area contributed by atoms with Gasteiger partial charge in [-0.1, -0.05) is 29.5 Å². The van der Waals surface area contributed by atoms with Crippen LogP contribution in [0, 0.1) is 11.6 Å². The fourth-order valence-electron chi connectivity index (χ4n) is 3.52. The summed E-state index contributed by atoms with van der Waals surface area (Å²) >= 11 is 1.27. The SMILES string of the molecule is C=N/N=C(\NN)c1ccc2c(c1)CCCc1nc(NC(=O)c3c(F)cccc3F)sc1-2. The number of hydrogen-bond donors (Lipinski definition) is 3. The second-order valence-corrected chi connectivity index (χ2v) is 7.80. The number of fused-ring (bicyclic) bond motifs is 3. The van der Waals surface area contributed by atoms with Crippen molar-refractivity contribution in [3.8, 4) is 10.4 Å². The second kappa shape index (κ2) is 8.70. The zero-order valence-electron chi connectivity index (χ0n) is 16.3. The maximum atomic E-state index is 13.9. The van der Waals surface area contributed by atoms with Gasteiger partial charge in [-0.25, -0.2) is 19.6 Å². The fraction of sp³-hybridized carbons (Fsp3) is 0.143. The smallest absolute Gasteiger partial charge is 0.263 e. The number of carbonyl (C=O) groups is 1. The number of thiazole rings is 1. The van der Waals surface area contributed by atoms with Crippen molar-refractivity contribution in [2.24, 2.45) is 16.0 Å². The molecule has 1 amide bonds. The predicted octanol–water partition coefficient (Wildman–Crippen LogP) is 3.65. The van der Waals surface area contributed by atoms with Gasteiger partial charge < -0.3 is 5.43 Å². The van der Waals surface area contributed by atoms with Gasteiger partial charge >= 0.3 is 0 Å². The molecule has 0 unspecified atom stereocenters. The molecule has 0 saturated heterocycles. The molecule has 158 valence electrons. The van der Waals surface area contributed by atoms with Crippen LogP contribution in [0.5, 0.6) is 0 Å². The number of nitrogens with zero attached hydrogens (tertiary/aromatic N) is 3. The molecule has 0 bridgehead atoms. The summed E-state index contributed by atoms with van der Waals surface area (Å²) in [5, 5.41) is 10.2. The molecule has 0 spiro atoms. The summed E-state index contributed by atoms with van der Waals surface area (Å²) in [6.45, 7) is 3.34. The quantitative estimate of drug-likeness (QED) is 0.249. The van der Waals surface area contributed by atoms with Crippen molar-refractivity contribution >= 4 is 34.9 Å². The number of amidine groups is 1. The van der Waals surface area contributed by atoms with Crippen LogP contribution in [0.1, 0.15) is 33.6 Å². The topological polar surface area (TPSA) is 105 Å². The summed E-state index contributed by atoms with van der Waals surface area (Å²) in [5.41, 5.74) is 5.54. The zero-order valence-corrected chi connectivity index (χ0v) is 17.1. The Morgan fingerprint density at radius 1 is 1.19 bits per heavy atom. The van der Waals surface area contributed by atoms with Gasteiger partial charge in [-0.2, -0.15) is 5.10 Å². The number of aromatic nitrogens is 1. The predicted molar refractivity (Wildman–Crippen MR) is 117 cm³/mol. The maximum Gasteiger partial charge on any atom is 0.263 e. The van der Waals surface area contributed by atoms with Crippen LogP contribution in [-0.4, -0.2) is 23.4 Å². The molecule has 1 aliphatic carbocycles. The Balaban J connectivity index is 1.67. The van der Waals surface area contributed by atoms with E-state index in [1.54, 1.807) is 0 Å². The first-order valence-corrected chi connectivity index (χ1v) is 10.2. The number of nitrogens with one attached hydrogen (secondary N) is 2. The molecule has 0 aliphatic heterocycles. The van der Waals surface area contributed by atoms with Crippen LogP contribution in [0.3, 0.4) is 0 Å². The summed E-state index contributed by atoms with van der Waals surface area (Å²) in [7, 11) is 0. The minimum atomic E-state index is -0.923. The molecule has 31 heavy (non-hydrogen) atoms. The number of rotatable bonds is 4. The van der Waals surface area contributed by atoms with Gasteiger partial charge in [0.2, 0.25) is 0 Å². The number of nitrogens with two attached hydrogens (primary N) is 1. The molecule has 4 N–H and O–H groups in total. The first-order valence-electron chi connectivity index (χ1n) is 9.41. The zero-order chi connectivity index (χ0) is 22.0. The van der Waals surface area contributed by atoms with Gasteiger partial charge in [-0.3, -0.25) is 10.1 Å². The monoisotopic (exact) mass is 440 g/mol. The molecule has 10 heteroatoms. The number of halogens is 2. The third-order valence-electron chi connectivity index (χ3n) is 4.90. The number of hydrazine groups is 1. The Morgan fingerprint density at radius 2 is 1.97 bits per heavy atom. The number of amides is 1. The lowest BCUT2D eigenvalue weighted by Gasteiger charge is -2.10. The molecule has 1 aromatic heterocycles. The molecule has 1 heterocycles. The molecule has 7 nitrogen and oxygen atoms in total. The van der Waals surface area contributed by atoms with Crippen molar-refractivity contribution in [3.63, 3.8) is 0 Å². The summed E-state index contributed by atoms with van der Waals surface area (Å²) in [6.07, 6.45) is 2.39. The lowest BCUT2D eigenvalue weighted by Crippen LogP contribution is -2.30. The van der Waals surface area contributed by atoms with Crippen molar-refractivity contribution < 1.29 is 13.6 Å². The number of carbonyl (C=O) groups excluding carboxylic acids is 1. The summed E-state index contributed by atoms with van der Waals surface area (Å²) in [5.74, 6) is 3.20. The van der Waals surface area contributed by atoms with Crippen molar-refractivity contribution in [1.82, 2.24) is 10.4 Å². The van der Waals surface area contributed by atoms with E-state index >= 15 is 0 Å². The summed E-state index contributed by atoms with van der Waals surface area (Å²) in [4.78, 5) is 17.8. The first kappa shape index (κ1) is 20.8. The number of anilines is 1. The van der Waals surface area contributed by atoms with E-state index in [0.29, 0.717) is 12.3 Å². The average Bonchev–Trinajstić information content (AvgIpc) is 3.06. The van der Waals surface area contributed by atoms with E-state index in [1.165, 1.54) is 17.4 Å². The van der Waals surface area contributed by atoms with Gasteiger partial charge in [-0.05, 0) is 48.6 Å².